The van der Waals surface area contributed by atoms with Gasteiger partial charge in [0, 0.05) is 54.8 Å². The maximum atomic E-state index is 13.2. The van der Waals surface area contributed by atoms with E-state index in [0.29, 0.717) is 23.4 Å². The number of nitro benzene ring substituents is 1. The first-order chi connectivity index (χ1) is 18.7. The molecule has 2 unspecified atom stereocenters. The van der Waals surface area contributed by atoms with Crippen LogP contribution in [0, 0.1) is 16.0 Å². The number of ether oxygens (including phenoxy) is 3. The Morgan fingerprint density at radius 2 is 1.87 bits per heavy atom. The van der Waals surface area contributed by atoms with Crippen LogP contribution < -0.4 is 0 Å². The van der Waals surface area contributed by atoms with Gasteiger partial charge in [0.25, 0.3) is 5.69 Å². The summed E-state index contributed by atoms with van der Waals surface area (Å²) in [7, 11) is 1.22. The van der Waals surface area contributed by atoms with Gasteiger partial charge in [-0.1, -0.05) is 18.6 Å². The van der Waals surface area contributed by atoms with E-state index in [1.54, 1.807) is 32.4 Å². The van der Waals surface area contributed by atoms with Crippen LogP contribution >= 0.6 is 0 Å². The first-order valence-corrected chi connectivity index (χ1v) is 12.6. The molecule has 0 fully saturated rings. The third-order valence-electron chi connectivity index (χ3n) is 6.38. The molecule has 3 rings (SSSR count). The molecule has 12 nitrogen and oxygen atoms in total. The molecule has 0 saturated heterocycles. The Morgan fingerprint density at radius 1 is 1.10 bits per heavy atom. The number of nitro groups is 1. The molecule has 0 radical (unpaired) electrons. The smallest absolute Gasteiger partial charge is 0.336 e. The number of aromatic nitrogens is 2. The van der Waals surface area contributed by atoms with Gasteiger partial charge in [-0.2, -0.15) is 0 Å². The Balaban J connectivity index is 1.60. The van der Waals surface area contributed by atoms with Gasteiger partial charge in [0.2, 0.25) is 0 Å². The Labute approximate surface area is 225 Å². The fraction of sp³-hybridized carbons (Fsp3) is 0.444. The molecule has 0 amide bonds. The monoisotopic (exact) mass is 540 g/mol. The van der Waals surface area contributed by atoms with Crippen molar-refractivity contribution in [2.24, 2.45) is 10.9 Å². The van der Waals surface area contributed by atoms with Crippen LogP contribution in [0.25, 0.3) is 0 Å². The number of carbonyl (C=O) groups excluding carboxylic acids is 3. The molecule has 0 spiro atoms. The highest BCUT2D eigenvalue weighted by atomic mass is 16.6. The second-order valence-electron chi connectivity index (χ2n) is 9.05. The molecular formula is C27H32N4O8. The van der Waals surface area contributed by atoms with E-state index in [9.17, 15) is 24.5 Å². The third kappa shape index (κ3) is 7.82. The average molecular weight is 541 g/mol. The van der Waals surface area contributed by atoms with Gasteiger partial charge in [-0.25, -0.2) is 9.78 Å². The zero-order valence-corrected chi connectivity index (χ0v) is 22.2. The summed E-state index contributed by atoms with van der Waals surface area (Å²) < 4.78 is 17.5. The number of hydrogen-bond acceptors (Lipinski definition) is 10. The summed E-state index contributed by atoms with van der Waals surface area (Å²) in [6.45, 7) is 3.74. The van der Waals surface area contributed by atoms with Gasteiger partial charge in [-0.05, 0) is 32.3 Å². The normalized spacial score (nSPS) is 16.8. The van der Waals surface area contributed by atoms with Crippen molar-refractivity contribution in [3.63, 3.8) is 0 Å². The molecule has 1 aliphatic heterocycles. The van der Waals surface area contributed by atoms with Gasteiger partial charge in [0.05, 0.1) is 23.9 Å². The minimum absolute atomic E-state index is 0.0840. The molecule has 0 bridgehead atoms. The van der Waals surface area contributed by atoms with Crippen LogP contribution in [0.4, 0.5) is 5.69 Å². The molecule has 1 aromatic heterocycles. The third-order valence-corrected chi connectivity index (χ3v) is 6.38. The van der Waals surface area contributed by atoms with E-state index in [1.807, 2.05) is 10.8 Å². The molecule has 1 aliphatic rings. The number of nitrogens with zero attached hydrogens (tertiary/aromatic N) is 4. The van der Waals surface area contributed by atoms with Gasteiger partial charge >= 0.3 is 17.9 Å². The lowest BCUT2D eigenvalue weighted by molar-refractivity contribution is -0.384. The van der Waals surface area contributed by atoms with E-state index in [-0.39, 0.29) is 36.9 Å². The summed E-state index contributed by atoms with van der Waals surface area (Å²) in [6.07, 6.45) is 8.05. The van der Waals surface area contributed by atoms with E-state index < -0.39 is 28.7 Å². The Bertz CT molecular complexity index is 1250. The van der Waals surface area contributed by atoms with Crippen molar-refractivity contribution >= 4 is 29.3 Å². The minimum atomic E-state index is -0.977. The molecule has 1 aromatic carbocycles. The highest BCUT2D eigenvalue weighted by Crippen LogP contribution is 2.40. The molecular weight excluding hydrogens is 508 g/mol. The number of esters is 3. The molecule has 208 valence electrons. The number of non-ortho nitro benzene ring substituents is 1. The Kier molecular flexibility index (Phi) is 10.5. The van der Waals surface area contributed by atoms with Gasteiger partial charge in [0.1, 0.15) is 19.1 Å². The van der Waals surface area contributed by atoms with Crippen molar-refractivity contribution in [2.45, 2.75) is 52.0 Å². The van der Waals surface area contributed by atoms with Crippen molar-refractivity contribution in [3.05, 3.63) is 69.9 Å². The highest BCUT2D eigenvalue weighted by Gasteiger charge is 2.42. The second-order valence-corrected chi connectivity index (χ2v) is 9.05. The zero-order valence-electron chi connectivity index (χ0n) is 22.2. The number of imidazole rings is 1. The SMILES string of the molecule is COC(=O)C1C(C)=NC(C)=C(C(=O)OCCOC(=O)CCCCCn2ccnc2)C1c1cccc([N+](=O)[O-])c1. The first-order valence-electron chi connectivity index (χ1n) is 12.6. The number of benzene rings is 1. The maximum absolute atomic E-state index is 13.2. The molecule has 2 heterocycles. The Hall–Kier alpha value is -4.35. The zero-order chi connectivity index (χ0) is 28.4. The molecule has 2 atom stereocenters. The number of methoxy groups -OCH3 is 1. The summed E-state index contributed by atoms with van der Waals surface area (Å²) in [5.41, 5.74) is 1.00. The quantitative estimate of drug-likeness (QED) is 0.121. The summed E-state index contributed by atoms with van der Waals surface area (Å²) in [4.78, 5) is 57.1. The largest absolute Gasteiger partial charge is 0.468 e. The number of hydrogen-bond donors (Lipinski definition) is 0. The first kappa shape index (κ1) is 29.2. The van der Waals surface area contributed by atoms with Crippen LogP contribution in [0.15, 0.2) is 59.2 Å². The Morgan fingerprint density at radius 3 is 2.56 bits per heavy atom. The molecule has 2 aromatic rings. The van der Waals surface area contributed by atoms with Crippen LogP contribution in [0.2, 0.25) is 0 Å². The number of aryl methyl sites for hydroxylation is 1. The van der Waals surface area contributed by atoms with Crippen molar-refractivity contribution in [1.82, 2.24) is 9.55 Å². The van der Waals surface area contributed by atoms with E-state index in [0.717, 1.165) is 19.4 Å². The number of carbonyl (C=O) groups is 3. The van der Waals surface area contributed by atoms with Crippen molar-refractivity contribution in [2.75, 3.05) is 20.3 Å². The fourth-order valence-corrected chi connectivity index (χ4v) is 4.53. The molecule has 0 aliphatic carbocycles. The summed E-state index contributed by atoms with van der Waals surface area (Å²) >= 11 is 0. The predicted molar refractivity (Wildman–Crippen MR) is 140 cm³/mol. The second kappa shape index (κ2) is 14.0. The van der Waals surface area contributed by atoms with Crippen LogP contribution in [0.1, 0.15) is 51.0 Å². The standard InChI is InChI=1S/C27H32N4O8/c1-18-23(26(33)37-3)25(20-8-7-9-21(16-20)31(35)36)24(19(2)29-18)27(34)39-15-14-38-22(32)10-5-4-6-12-30-13-11-28-17-30/h7-9,11,13,16-17,23,25H,4-6,10,12,14-15H2,1-3H3. The summed E-state index contributed by atoms with van der Waals surface area (Å²) in [5.74, 6) is -3.67. The summed E-state index contributed by atoms with van der Waals surface area (Å²) in [6, 6.07) is 5.72. The lowest BCUT2D eigenvalue weighted by Crippen LogP contribution is -2.36. The topological polar surface area (TPSA) is 152 Å². The van der Waals surface area contributed by atoms with E-state index in [4.69, 9.17) is 14.2 Å². The number of allylic oxidation sites excluding steroid dienone is 1. The van der Waals surface area contributed by atoms with Crippen LogP contribution in [0.3, 0.4) is 0 Å². The molecule has 12 heteroatoms. The highest BCUT2D eigenvalue weighted by molar-refractivity contribution is 6.07. The van der Waals surface area contributed by atoms with Crippen molar-refractivity contribution in [3.8, 4) is 0 Å². The average Bonchev–Trinajstić information content (AvgIpc) is 3.43. The van der Waals surface area contributed by atoms with Gasteiger partial charge in [-0.15, -0.1) is 0 Å². The number of aliphatic imine (C=N–C) groups is 1. The van der Waals surface area contributed by atoms with E-state index in [2.05, 4.69) is 9.98 Å². The van der Waals surface area contributed by atoms with Crippen LogP contribution in [0.5, 0.6) is 0 Å². The molecule has 39 heavy (non-hydrogen) atoms. The van der Waals surface area contributed by atoms with E-state index >= 15 is 0 Å². The lowest BCUT2D eigenvalue weighted by Gasteiger charge is -2.31. The minimum Gasteiger partial charge on any atom is -0.468 e. The van der Waals surface area contributed by atoms with E-state index in [1.165, 1.54) is 25.3 Å². The maximum Gasteiger partial charge on any atom is 0.336 e. The van der Waals surface area contributed by atoms with Gasteiger partial charge in [0.15, 0.2) is 0 Å². The number of unbranched alkanes of at least 4 members (excludes halogenated alkanes) is 2. The van der Waals surface area contributed by atoms with Crippen LogP contribution in [-0.2, 0) is 35.1 Å². The molecule has 0 saturated carbocycles. The molecule has 0 N–H and O–H groups in total. The number of rotatable bonds is 13. The fourth-order valence-electron chi connectivity index (χ4n) is 4.53. The van der Waals surface area contributed by atoms with Crippen molar-refractivity contribution in [1.29, 1.82) is 0 Å². The van der Waals surface area contributed by atoms with Crippen molar-refractivity contribution < 1.29 is 33.5 Å². The van der Waals surface area contributed by atoms with Gasteiger partial charge < -0.3 is 18.8 Å². The van der Waals surface area contributed by atoms with Gasteiger partial charge in [-0.3, -0.25) is 24.7 Å². The van der Waals surface area contributed by atoms with Crippen LogP contribution in [-0.4, -0.2) is 58.4 Å². The summed E-state index contributed by atoms with van der Waals surface area (Å²) in [5, 5.41) is 11.4. The lowest BCUT2D eigenvalue weighted by atomic mass is 9.75. The predicted octanol–water partition coefficient (Wildman–Crippen LogP) is 3.76.